The molecule has 9 heteroatoms. The molecule has 3 rings (SSSR count). The zero-order valence-corrected chi connectivity index (χ0v) is 15.0. The Labute approximate surface area is 159 Å². The maximum Gasteiger partial charge on any atom is 0.389 e. The SMILES string of the molecule is COc1ccc(Cl)cc1NC(=O)c1ccc(Cn2ccc([N+](=O)[O-])n2)cc1. The predicted octanol–water partition coefficient (Wildman–Crippen LogP) is 3.75. The molecule has 27 heavy (non-hydrogen) atoms. The van der Waals surface area contributed by atoms with Crippen molar-refractivity contribution in [3.8, 4) is 5.75 Å². The van der Waals surface area contributed by atoms with Crippen LogP contribution >= 0.6 is 11.6 Å². The first-order valence-electron chi connectivity index (χ1n) is 7.88. The van der Waals surface area contributed by atoms with Gasteiger partial charge in [0.25, 0.3) is 5.91 Å². The lowest BCUT2D eigenvalue weighted by molar-refractivity contribution is -0.389. The average Bonchev–Trinajstić information content (AvgIpc) is 3.11. The Hall–Kier alpha value is -3.39. The molecule has 138 valence electrons. The zero-order chi connectivity index (χ0) is 19.4. The molecule has 0 atom stereocenters. The Morgan fingerprint density at radius 2 is 2.00 bits per heavy atom. The minimum Gasteiger partial charge on any atom is -0.495 e. The molecule has 1 aromatic heterocycles. The Bertz CT molecular complexity index is 985. The normalized spacial score (nSPS) is 10.4. The molecule has 1 amide bonds. The number of hydrogen-bond acceptors (Lipinski definition) is 5. The summed E-state index contributed by atoms with van der Waals surface area (Å²) in [4.78, 5) is 22.6. The Morgan fingerprint density at radius 3 is 2.63 bits per heavy atom. The van der Waals surface area contributed by atoms with E-state index in [0.29, 0.717) is 28.6 Å². The van der Waals surface area contributed by atoms with Gasteiger partial charge in [0.05, 0.1) is 36.7 Å². The van der Waals surface area contributed by atoms with Crippen molar-refractivity contribution in [3.63, 3.8) is 0 Å². The topological polar surface area (TPSA) is 99.3 Å². The van der Waals surface area contributed by atoms with E-state index < -0.39 is 4.92 Å². The van der Waals surface area contributed by atoms with Crippen molar-refractivity contribution in [2.24, 2.45) is 0 Å². The third-order valence-electron chi connectivity index (χ3n) is 3.78. The van der Waals surface area contributed by atoms with E-state index in [2.05, 4.69) is 10.4 Å². The lowest BCUT2D eigenvalue weighted by Crippen LogP contribution is -2.13. The van der Waals surface area contributed by atoms with Crippen LogP contribution in [0.2, 0.25) is 5.02 Å². The molecule has 3 aromatic rings. The van der Waals surface area contributed by atoms with Crippen molar-refractivity contribution in [3.05, 3.63) is 81.0 Å². The fourth-order valence-corrected chi connectivity index (χ4v) is 2.63. The molecule has 0 saturated heterocycles. The number of rotatable bonds is 6. The first-order chi connectivity index (χ1) is 13.0. The van der Waals surface area contributed by atoms with Crippen LogP contribution in [0.4, 0.5) is 11.5 Å². The second kappa shape index (κ2) is 7.88. The third-order valence-corrected chi connectivity index (χ3v) is 4.02. The molecule has 2 aromatic carbocycles. The summed E-state index contributed by atoms with van der Waals surface area (Å²) in [5.74, 6) is -0.0112. The van der Waals surface area contributed by atoms with Crippen molar-refractivity contribution in [2.45, 2.75) is 6.54 Å². The number of nitrogens with zero attached hydrogens (tertiary/aromatic N) is 3. The molecule has 0 aliphatic carbocycles. The highest BCUT2D eigenvalue weighted by Crippen LogP contribution is 2.28. The number of carbonyl (C=O) groups is 1. The number of benzene rings is 2. The standard InChI is InChI=1S/C18H15ClN4O4/c1-27-16-7-6-14(19)10-15(16)20-18(24)13-4-2-12(3-5-13)11-22-9-8-17(21-22)23(25)26/h2-10H,11H2,1H3,(H,20,24). The van der Waals surface area contributed by atoms with E-state index >= 15 is 0 Å². The molecule has 0 bridgehead atoms. The summed E-state index contributed by atoms with van der Waals surface area (Å²) in [5.41, 5.74) is 1.78. The van der Waals surface area contributed by atoms with Crippen LogP contribution in [-0.2, 0) is 6.54 Å². The Balaban J connectivity index is 1.70. The molecule has 0 radical (unpaired) electrons. The van der Waals surface area contributed by atoms with Gasteiger partial charge in [-0.1, -0.05) is 23.7 Å². The number of methoxy groups -OCH3 is 1. The number of halogens is 1. The summed E-state index contributed by atoms with van der Waals surface area (Å²) in [6.07, 6.45) is 1.53. The number of amides is 1. The highest BCUT2D eigenvalue weighted by Gasteiger charge is 2.13. The Kier molecular flexibility index (Phi) is 5.37. The van der Waals surface area contributed by atoms with Gasteiger partial charge >= 0.3 is 5.82 Å². The van der Waals surface area contributed by atoms with Gasteiger partial charge in [-0.3, -0.25) is 4.79 Å². The minimum absolute atomic E-state index is 0.207. The molecule has 0 fully saturated rings. The van der Waals surface area contributed by atoms with Crippen LogP contribution in [0.1, 0.15) is 15.9 Å². The lowest BCUT2D eigenvalue weighted by atomic mass is 10.1. The van der Waals surface area contributed by atoms with Gasteiger partial charge in [-0.05, 0) is 40.8 Å². The van der Waals surface area contributed by atoms with Gasteiger partial charge in [-0.15, -0.1) is 0 Å². The van der Waals surface area contributed by atoms with Crippen LogP contribution in [0.15, 0.2) is 54.7 Å². The largest absolute Gasteiger partial charge is 0.495 e. The van der Waals surface area contributed by atoms with Crippen LogP contribution in [0, 0.1) is 10.1 Å². The maximum atomic E-state index is 12.4. The molecule has 8 nitrogen and oxygen atoms in total. The van der Waals surface area contributed by atoms with E-state index in [0.717, 1.165) is 5.56 Å². The second-order valence-corrected chi connectivity index (χ2v) is 6.06. The van der Waals surface area contributed by atoms with Crippen molar-refractivity contribution in [1.82, 2.24) is 9.78 Å². The number of anilines is 1. The van der Waals surface area contributed by atoms with E-state index in [1.165, 1.54) is 24.1 Å². The first kappa shape index (κ1) is 18.4. The van der Waals surface area contributed by atoms with Crippen molar-refractivity contribution in [2.75, 3.05) is 12.4 Å². The van der Waals surface area contributed by atoms with Crippen LogP contribution in [-0.4, -0.2) is 27.7 Å². The predicted molar refractivity (Wildman–Crippen MR) is 100 cm³/mol. The number of carbonyl (C=O) groups excluding carboxylic acids is 1. The first-order valence-corrected chi connectivity index (χ1v) is 8.26. The monoisotopic (exact) mass is 386 g/mol. The number of ether oxygens (including phenoxy) is 1. The van der Waals surface area contributed by atoms with Crippen molar-refractivity contribution >= 4 is 29.0 Å². The van der Waals surface area contributed by atoms with Crippen molar-refractivity contribution in [1.29, 1.82) is 0 Å². The second-order valence-electron chi connectivity index (χ2n) is 5.62. The van der Waals surface area contributed by atoms with Gasteiger partial charge < -0.3 is 20.2 Å². The van der Waals surface area contributed by atoms with E-state index in [-0.39, 0.29) is 11.7 Å². The molecule has 0 spiro atoms. The van der Waals surface area contributed by atoms with Gasteiger partial charge in [0.15, 0.2) is 0 Å². The van der Waals surface area contributed by atoms with Gasteiger partial charge in [-0.25, -0.2) is 0 Å². The molecule has 0 aliphatic rings. The lowest BCUT2D eigenvalue weighted by Gasteiger charge is -2.11. The Morgan fingerprint density at radius 1 is 1.26 bits per heavy atom. The summed E-state index contributed by atoms with van der Waals surface area (Å²) >= 11 is 5.97. The molecule has 0 aliphatic heterocycles. The summed E-state index contributed by atoms with van der Waals surface area (Å²) < 4.78 is 6.67. The van der Waals surface area contributed by atoms with E-state index in [1.807, 2.05) is 0 Å². The molecule has 1 N–H and O–H groups in total. The number of nitro groups is 1. The van der Waals surface area contributed by atoms with Crippen molar-refractivity contribution < 1.29 is 14.5 Å². The molecule has 0 unspecified atom stereocenters. The number of hydrogen-bond donors (Lipinski definition) is 1. The number of aromatic nitrogens is 2. The fraction of sp³-hybridized carbons (Fsp3) is 0.111. The zero-order valence-electron chi connectivity index (χ0n) is 14.3. The molecular formula is C18H15ClN4O4. The molecular weight excluding hydrogens is 372 g/mol. The van der Waals surface area contributed by atoms with Crippen LogP contribution in [0.5, 0.6) is 5.75 Å². The van der Waals surface area contributed by atoms with Crippen LogP contribution in [0.25, 0.3) is 0 Å². The van der Waals surface area contributed by atoms with Crippen LogP contribution in [0.3, 0.4) is 0 Å². The summed E-state index contributed by atoms with van der Waals surface area (Å²) in [7, 11) is 1.51. The highest BCUT2D eigenvalue weighted by atomic mass is 35.5. The third kappa shape index (κ3) is 4.42. The average molecular weight is 387 g/mol. The van der Waals surface area contributed by atoms with Gasteiger partial charge in [0, 0.05) is 10.6 Å². The number of nitrogens with one attached hydrogen (secondary N) is 1. The summed E-state index contributed by atoms with van der Waals surface area (Å²) in [5, 5.41) is 17.8. The van der Waals surface area contributed by atoms with E-state index in [9.17, 15) is 14.9 Å². The molecule has 0 saturated carbocycles. The quantitative estimate of drug-likeness (QED) is 0.513. The van der Waals surface area contributed by atoms with Gasteiger partial charge in [0.2, 0.25) is 0 Å². The van der Waals surface area contributed by atoms with Crippen LogP contribution < -0.4 is 10.1 Å². The fourth-order valence-electron chi connectivity index (χ4n) is 2.46. The summed E-state index contributed by atoms with van der Waals surface area (Å²) in [6.45, 7) is 0.359. The summed E-state index contributed by atoms with van der Waals surface area (Å²) in [6, 6.07) is 13.1. The maximum absolute atomic E-state index is 12.4. The smallest absolute Gasteiger partial charge is 0.389 e. The van der Waals surface area contributed by atoms with E-state index in [4.69, 9.17) is 16.3 Å². The molecule has 1 heterocycles. The van der Waals surface area contributed by atoms with Gasteiger partial charge in [0.1, 0.15) is 5.75 Å². The van der Waals surface area contributed by atoms with Gasteiger partial charge in [-0.2, -0.15) is 4.68 Å². The van der Waals surface area contributed by atoms with E-state index in [1.54, 1.807) is 42.5 Å². The highest BCUT2D eigenvalue weighted by molar-refractivity contribution is 6.31. The minimum atomic E-state index is -0.548.